The molecule has 1 aromatic heterocycles. The van der Waals surface area contributed by atoms with Crippen LogP contribution in [0.15, 0.2) is 39.8 Å². The smallest absolute Gasteiger partial charge is 0.244 e. The van der Waals surface area contributed by atoms with Crippen LogP contribution in [0.5, 0.6) is 11.5 Å². The molecule has 0 aliphatic carbocycles. The summed E-state index contributed by atoms with van der Waals surface area (Å²) in [5, 5.41) is 2.57. The van der Waals surface area contributed by atoms with E-state index in [0.29, 0.717) is 16.0 Å². The Balaban J connectivity index is 2.20. The zero-order valence-corrected chi connectivity index (χ0v) is 17.7. The van der Waals surface area contributed by atoms with E-state index in [-0.39, 0.29) is 17.2 Å². The van der Waals surface area contributed by atoms with Gasteiger partial charge in [0, 0.05) is 23.8 Å². The number of nitrogens with zero attached hydrogens (tertiary/aromatic N) is 2. The minimum atomic E-state index is -3.95. The van der Waals surface area contributed by atoms with Gasteiger partial charge in [-0.3, -0.25) is 4.79 Å². The van der Waals surface area contributed by atoms with Crippen LogP contribution in [0.4, 0.5) is 5.82 Å². The first-order valence-electron chi connectivity index (χ1n) is 7.79. The number of amides is 1. The van der Waals surface area contributed by atoms with Crippen molar-refractivity contribution in [2.45, 2.75) is 11.8 Å². The monoisotopic (exact) mass is 457 g/mol. The Bertz CT molecular complexity index is 932. The Labute approximate surface area is 166 Å². The molecule has 1 aromatic carbocycles. The van der Waals surface area contributed by atoms with Gasteiger partial charge in [-0.05, 0) is 40.5 Å². The van der Waals surface area contributed by atoms with Crippen LogP contribution >= 0.6 is 15.9 Å². The molecule has 0 atom stereocenters. The van der Waals surface area contributed by atoms with Crippen LogP contribution in [0, 0.1) is 6.92 Å². The van der Waals surface area contributed by atoms with Crippen LogP contribution in [-0.4, -0.2) is 51.4 Å². The number of benzene rings is 1. The van der Waals surface area contributed by atoms with Gasteiger partial charge >= 0.3 is 0 Å². The highest BCUT2D eigenvalue weighted by atomic mass is 79.9. The molecule has 0 saturated carbocycles. The van der Waals surface area contributed by atoms with Crippen molar-refractivity contribution < 1.29 is 22.7 Å². The van der Waals surface area contributed by atoms with Gasteiger partial charge in [-0.2, -0.15) is 4.31 Å². The van der Waals surface area contributed by atoms with E-state index in [1.165, 1.54) is 33.4 Å². The SMILES string of the molecule is COc1cc(Br)c(S(=O)(=O)N(C)CC(=O)Nc2ccc(C)cn2)cc1OC. The molecule has 146 valence electrons. The van der Waals surface area contributed by atoms with E-state index < -0.39 is 15.9 Å². The number of aromatic nitrogens is 1. The summed E-state index contributed by atoms with van der Waals surface area (Å²) < 4.78 is 37.3. The molecule has 1 N–H and O–H groups in total. The van der Waals surface area contributed by atoms with E-state index in [9.17, 15) is 13.2 Å². The van der Waals surface area contributed by atoms with Crippen molar-refractivity contribution in [3.05, 3.63) is 40.5 Å². The number of carbonyl (C=O) groups excluding carboxylic acids is 1. The molecule has 1 heterocycles. The van der Waals surface area contributed by atoms with Gasteiger partial charge in [0.15, 0.2) is 11.5 Å². The second-order valence-corrected chi connectivity index (χ2v) is 8.54. The van der Waals surface area contributed by atoms with Crippen molar-refractivity contribution in [3.63, 3.8) is 0 Å². The largest absolute Gasteiger partial charge is 0.493 e. The Morgan fingerprint density at radius 2 is 1.85 bits per heavy atom. The Morgan fingerprint density at radius 3 is 2.41 bits per heavy atom. The maximum atomic E-state index is 12.9. The molecule has 1 amide bonds. The fourth-order valence-electron chi connectivity index (χ4n) is 2.21. The van der Waals surface area contributed by atoms with Gasteiger partial charge in [0.1, 0.15) is 10.7 Å². The molecule has 8 nitrogen and oxygen atoms in total. The number of methoxy groups -OCH3 is 2. The Hall–Kier alpha value is -2.17. The predicted molar refractivity (Wildman–Crippen MR) is 105 cm³/mol. The first-order chi connectivity index (χ1) is 12.7. The molecule has 0 spiro atoms. The molecule has 2 aromatic rings. The zero-order chi connectivity index (χ0) is 20.2. The molecule has 10 heteroatoms. The first kappa shape index (κ1) is 21.1. The summed E-state index contributed by atoms with van der Waals surface area (Å²) in [6.07, 6.45) is 1.61. The summed E-state index contributed by atoms with van der Waals surface area (Å²) in [4.78, 5) is 16.2. The molecular formula is C17H20BrN3O5S. The fourth-order valence-corrected chi connectivity index (χ4v) is 4.33. The number of hydrogen-bond donors (Lipinski definition) is 1. The van der Waals surface area contributed by atoms with Gasteiger partial charge in [-0.1, -0.05) is 6.07 Å². The average molecular weight is 458 g/mol. The number of carbonyl (C=O) groups is 1. The maximum absolute atomic E-state index is 12.9. The third-order valence-corrected chi connectivity index (χ3v) is 6.43. The molecule has 0 radical (unpaired) electrons. The Kier molecular flexibility index (Phi) is 6.79. The van der Waals surface area contributed by atoms with Gasteiger partial charge in [0.25, 0.3) is 0 Å². The average Bonchev–Trinajstić information content (AvgIpc) is 2.62. The second-order valence-electron chi connectivity index (χ2n) is 5.67. The number of nitrogens with one attached hydrogen (secondary N) is 1. The van der Waals surface area contributed by atoms with Crippen LogP contribution in [0.2, 0.25) is 0 Å². The number of ether oxygens (including phenoxy) is 2. The second kappa shape index (κ2) is 8.68. The number of aryl methyl sites for hydroxylation is 1. The highest BCUT2D eigenvalue weighted by Gasteiger charge is 2.27. The molecule has 2 rings (SSSR count). The summed E-state index contributed by atoms with van der Waals surface area (Å²) in [7, 11) is 0.231. The van der Waals surface area contributed by atoms with Crippen LogP contribution in [0.25, 0.3) is 0 Å². The molecule has 0 fully saturated rings. The number of anilines is 1. The van der Waals surface area contributed by atoms with Crippen LogP contribution in [-0.2, 0) is 14.8 Å². The van der Waals surface area contributed by atoms with Crippen molar-refractivity contribution in [3.8, 4) is 11.5 Å². The van der Waals surface area contributed by atoms with Gasteiger partial charge < -0.3 is 14.8 Å². The highest BCUT2D eigenvalue weighted by Crippen LogP contribution is 2.36. The minimum Gasteiger partial charge on any atom is -0.493 e. The number of rotatable bonds is 7. The number of pyridine rings is 1. The molecule has 0 aliphatic rings. The maximum Gasteiger partial charge on any atom is 0.244 e. The number of halogens is 1. The van der Waals surface area contributed by atoms with Gasteiger partial charge in [-0.15, -0.1) is 0 Å². The summed E-state index contributed by atoms with van der Waals surface area (Å²) in [6, 6.07) is 6.28. The summed E-state index contributed by atoms with van der Waals surface area (Å²) in [5.41, 5.74) is 0.950. The van der Waals surface area contributed by atoms with Crippen LogP contribution in [0.1, 0.15) is 5.56 Å². The first-order valence-corrected chi connectivity index (χ1v) is 10.0. The van der Waals surface area contributed by atoms with Crippen LogP contribution in [0.3, 0.4) is 0 Å². The predicted octanol–water partition coefficient (Wildman–Crippen LogP) is 2.43. The molecule has 0 saturated heterocycles. The van der Waals surface area contributed by atoms with Gasteiger partial charge in [0.05, 0.1) is 20.8 Å². The third kappa shape index (κ3) is 4.96. The topological polar surface area (TPSA) is 97.8 Å². The minimum absolute atomic E-state index is 0.0380. The van der Waals surface area contributed by atoms with E-state index in [2.05, 4.69) is 26.2 Å². The molecule has 0 unspecified atom stereocenters. The van der Waals surface area contributed by atoms with Crippen molar-refractivity contribution in [1.29, 1.82) is 0 Å². The van der Waals surface area contributed by atoms with Crippen LogP contribution < -0.4 is 14.8 Å². The highest BCUT2D eigenvalue weighted by molar-refractivity contribution is 9.10. The van der Waals surface area contributed by atoms with Gasteiger partial charge in [-0.25, -0.2) is 13.4 Å². The van der Waals surface area contributed by atoms with Crippen molar-refractivity contribution >= 4 is 37.7 Å². The summed E-state index contributed by atoms with van der Waals surface area (Å²) >= 11 is 3.23. The summed E-state index contributed by atoms with van der Waals surface area (Å²) in [6.45, 7) is 1.50. The van der Waals surface area contributed by atoms with Gasteiger partial charge in [0.2, 0.25) is 15.9 Å². The lowest BCUT2D eigenvalue weighted by Crippen LogP contribution is -2.35. The molecular weight excluding hydrogens is 438 g/mol. The number of hydrogen-bond acceptors (Lipinski definition) is 6. The van der Waals surface area contributed by atoms with E-state index >= 15 is 0 Å². The summed E-state index contributed by atoms with van der Waals surface area (Å²) in [5.74, 6) is 0.493. The molecule has 0 aliphatic heterocycles. The van der Waals surface area contributed by atoms with Crippen molar-refractivity contribution in [2.24, 2.45) is 0 Å². The van der Waals surface area contributed by atoms with E-state index in [4.69, 9.17) is 9.47 Å². The van der Waals surface area contributed by atoms with Crippen molar-refractivity contribution in [1.82, 2.24) is 9.29 Å². The molecule has 0 bridgehead atoms. The lowest BCUT2D eigenvalue weighted by Gasteiger charge is -2.19. The lowest BCUT2D eigenvalue weighted by molar-refractivity contribution is -0.116. The van der Waals surface area contributed by atoms with E-state index in [1.807, 2.05) is 6.92 Å². The number of sulfonamides is 1. The Morgan fingerprint density at radius 1 is 1.22 bits per heavy atom. The quantitative estimate of drug-likeness (QED) is 0.685. The standard InChI is InChI=1S/C17H20BrN3O5S/c1-11-5-6-16(19-9-11)20-17(22)10-21(2)27(23,24)15-8-14(26-4)13(25-3)7-12(15)18/h5-9H,10H2,1-4H3,(H,19,20,22). The molecule has 27 heavy (non-hydrogen) atoms. The lowest BCUT2D eigenvalue weighted by atomic mass is 10.3. The fraction of sp³-hybridized carbons (Fsp3) is 0.294. The van der Waals surface area contributed by atoms with E-state index in [1.54, 1.807) is 18.3 Å². The third-order valence-electron chi connectivity index (χ3n) is 3.67. The van der Waals surface area contributed by atoms with Crippen molar-refractivity contribution in [2.75, 3.05) is 33.1 Å². The van der Waals surface area contributed by atoms with E-state index in [0.717, 1.165) is 9.87 Å². The zero-order valence-electron chi connectivity index (χ0n) is 15.3. The normalized spacial score (nSPS) is 11.3. The number of likely N-dealkylation sites (N-methyl/N-ethyl adjacent to an activating group) is 1.